The predicted molar refractivity (Wildman–Crippen MR) is 124 cm³/mol. The van der Waals surface area contributed by atoms with Gasteiger partial charge < -0.3 is 15.4 Å². The molecule has 1 aliphatic carbocycles. The number of carbonyl (C=O) groups excluding carboxylic acids is 3. The zero-order valence-corrected chi connectivity index (χ0v) is 18.8. The Labute approximate surface area is 189 Å². The fraction of sp³-hybridized carbons (Fsp3) is 0.423. The third-order valence-corrected chi connectivity index (χ3v) is 5.97. The minimum atomic E-state index is -0.686. The molecule has 2 N–H and O–H groups in total. The van der Waals surface area contributed by atoms with E-state index in [1.165, 1.54) is 0 Å². The second-order valence-electron chi connectivity index (χ2n) is 8.49. The Morgan fingerprint density at radius 2 is 1.62 bits per heavy atom. The van der Waals surface area contributed by atoms with Crippen molar-refractivity contribution in [3.05, 3.63) is 65.7 Å². The minimum absolute atomic E-state index is 0.0406. The van der Waals surface area contributed by atoms with Crippen molar-refractivity contribution < 1.29 is 19.1 Å². The van der Waals surface area contributed by atoms with Crippen LogP contribution >= 0.6 is 0 Å². The first-order chi connectivity index (χ1) is 15.5. The average molecular weight is 437 g/mol. The zero-order valence-electron chi connectivity index (χ0n) is 18.8. The molecule has 2 amide bonds. The van der Waals surface area contributed by atoms with Crippen molar-refractivity contribution in [2.45, 2.75) is 52.0 Å². The van der Waals surface area contributed by atoms with E-state index in [4.69, 9.17) is 4.74 Å². The Hall–Kier alpha value is -3.15. The number of esters is 1. The molecule has 0 saturated heterocycles. The minimum Gasteiger partial charge on any atom is -0.462 e. The van der Waals surface area contributed by atoms with Crippen LogP contribution in [0.5, 0.6) is 0 Å². The predicted octanol–water partition coefficient (Wildman–Crippen LogP) is 4.36. The maximum Gasteiger partial charge on any atom is 0.338 e. The molecule has 1 unspecified atom stereocenters. The highest BCUT2D eigenvalue weighted by Crippen LogP contribution is 2.28. The lowest BCUT2D eigenvalue weighted by Gasteiger charge is -2.27. The SMILES string of the molecule is CCOC(=O)c1ccc(NC(=O)C(Cc2ccccc2)NC(=O)C2CCC(C)CC2)cc1. The molecule has 0 bridgehead atoms. The van der Waals surface area contributed by atoms with Gasteiger partial charge >= 0.3 is 5.97 Å². The summed E-state index contributed by atoms with van der Waals surface area (Å²) in [7, 11) is 0. The van der Waals surface area contributed by atoms with Crippen molar-refractivity contribution in [2.75, 3.05) is 11.9 Å². The van der Waals surface area contributed by atoms with Crippen LogP contribution in [0.3, 0.4) is 0 Å². The number of hydrogen-bond acceptors (Lipinski definition) is 4. The Kier molecular flexibility index (Phi) is 8.42. The molecule has 1 aliphatic rings. The first kappa shape index (κ1) is 23.5. The summed E-state index contributed by atoms with van der Waals surface area (Å²) in [4.78, 5) is 37.8. The van der Waals surface area contributed by atoms with Crippen molar-refractivity contribution in [1.29, 1.82) is 0 Å². The van der Waals surface area contributed by atoms with Crippen LogP contribution in [0.4, 0.5) is 5.69 Å². The quantitative estimate of drug-likeness (QED) is 0.603. The Morgan fingerprint density at radius 1 is 0.969 bits per heavy atom. The van der Waals surface area contributed by atoms with Gasteiger partial charge in [-0.05, 0) is 68.4 Å². The van der Waals surface area contributed by atoms with E-state index < -0.39 is 12.0 Å². The van der Waals surface area contributed by atoms with Gasteiger partial charge in [0.15, 0.2) is 0 Å². The summed E-state index contributed by atoms with van der Waals surface area (Å²) in [6.45, 7) is 4.27. The van der Waals surface area contributed by atoms with Gasteiger partial charge in [-0.2, -0.15) is 0 Å². The van der Waals surface area contributed by atoms with Crippen molar-refractivity contribution >= 4 is 23.5 Å². The summed E-state index contributed by atoms with van der Waals surface area (Å²) in [6, 6.07) is 15.5. The lowest BCUT2D eigenvalue weighted by molar-refractivity contribution is -0.130. The lowest BCUT2D eigenvalue weighted by atomic mass is 9.82. The standard InChI is InChI=1S/C26H32N2O4/c1-3-32-26(31)21-13-15-22(16-14-21)27-25(30)23(17-19-7-5-4-6-8-19)28-24(29)20-11-9-18(2)10-12-20/h4-8,13-16,18,20,23H,3,9-12,17H2,1-2H3,(H,27,30)(H,28,29). The monoisotopic (exact) mass is 436 g/mol. The second-order valence-corrected chi connectivity index (χ2v) is 8.49. The topological polar surface area (TPSA) is 84.5 Å². The molecule has 0 aromatic heterocycles. The van der Waals surface area contributed by atoms with E-state index in [9.17, 15) is 14.4 Å². The van der Waals surface area contributed by atoms with E-state index in [1.54, 1.807) is 31.2 Å². The number of carbonyl (C=O) groups is 3. The first-order valence-electron chi connectivity index (χ1n) is 11.4. The molecule has 1 fully saturated rings. The summed E-state index contributed by atoms with van der Waals surface area (Å²) in [5.74, 6) is -0.122. The summed E-state index contributed by atoms with van der Waals surface area (Å²) >= 11 is 0. The van der Waals surface area contributed by atoms with Crippen LogP contribution in [-0.2, 0) is 20.7 Å². The van der Waals surface area contributed by atoms with Crippen LogP contribution in [-0.4, -0.2) is 30.4 Å². The third-order valence-electron chi connectivity index (χ3n) is 5.97. The summed E-state index contributed by atoms with van der Waals surface area (Å²) in [5, 5.41) is 5.86. The largest absolute Gasteiger partial charge is 0.462 e. The summed E-state index contributed by atoms with van der Waals surface area (Å²) in [5.41, 5.74) is 1.95. The maximum atomic E-state index is 13.1. The highest BCUT2D eigenvalue weighted by molar-refractivity contribution is 5.98. The number of anilines is 1. The van der Waals surface area contributed by atoms with Gasteiger partial charge in [0.1, 0.15) is 6.04 Å². The number of amides is 2. The number of ether oxygens (including phenoxy) is 1. The Balaban J connectivity index is 1.68. The van der Waals surface area contributed by atoms with Crippen LogP contribution in [0.25, 0.3) is 0 Å². The molecule has 170 valence electrons. The Morgan fingerprint density at radius 3 is 2.25 bits per heavy atom. The zero-order chi connectivity index (χ0) is 22.9. The average Bonchev–Trinajstić information content (AvgIpc) is 2.80. The molecule has 3 rings (SSSR count). The van der Waals surface area contributed by atoms with E-state index in [2.05, 4.69) is 17.6 Å². The van der Waals surface area contributed by atoms with E-state index in [1.807, 2.05) is 30.3 Å². The van der Waals surface area contributed by atoms with E-state index in [-0.39, 0.29) is 17.7 Å². The van der Waals surface area contributed by atoms with Crippen LogP contribution < -0.4 is 10.6 Å². The molecule has 0 heterocycles. The number of nitrogens with one attached hydrogen (secondary N) is 2. The van der Waals surface area contributed by atoms with Gasteiger partial charge in [-0.25, -0.2) is 4.79 Å². The first-order valence-corrected chi connectivity index (χ1v) is 11.4. The van der Waals surface area contributed by atoms with E-state index >= 15 is 0 Å². The van der Waals surface area contributed by atoms with Gasteiger partial charge in [-0.3, -0.25) is 9.59 Å². The number of rotatable bonds is 8. The molecule has 2 aromatic carbocycles. The molecule has 1 saturated carbocycles. The second kappa shape index (κ2) is 11.5. The van der Waals surface area contributed by atoms with E-state index in [0.29, 0.717) is 30.2 Å². The molecule has 1 atom stereocenters. The Bertz CT molecular complexity index is 903. The van der Waals surface area contributed by atoms with Crippen molar-refractivity contribution in [2.24, 2.45) is 11.8 Å². The van der Waals surface area contributed by atoms with Crippen LogP contribution in [0.15, 0.2) is 54.6 Å². The van der Waals surface area contributed by atoms with E-state index in [0.717, 1.165) is 31.2 Å². The van der Waals surface area contributed by atoms with Crippen molar-refractivity contribution in [1.82, 2.24) is 5.32 Å². The molecular formula is C26H32N2O4. The van der Waals surface area contributed by atoms with Crippen molar-refractivity contribution in [3.63, 3.8) is 0 Å². The molecule has 32 heavy (non-hydrogen) atoms. The van der Waals surface area contributed by atoms with Gasteiger partial charge in [-0.15, -0.1) is 0 Å². The van der Waals surface area contributed by atoms with Crippen LogP contribution in [0.2, 0.25) is 0 Å². The smallest absolute Gasteiger partial charge is 0.338 e. The normalized spacial score (nSPS) is 18.9. The third kappa shape index (κ3) is 6.67. The van der Waals surface area contributed by atoms with Gasteiger partial charge in [0, 0.05) is 18.0 Å². The summed E-state index contributed by atoms with van der Waals surface area (Å²) in [6.07, 6.45) is 4.22. The van der Waals surface area contributed by atoms with Crippen molar-refractivity contribution in [3.8, 4) is 0 Å². The molecule has 6 nitrogen and oxygen atoms in total. The van der Waals surface area contributed by atoms with Gasteiger partial charge in [-0.1, -0.05) is 37.3 Å². The fourth-order valence-corrected chi connectivity index (χ4v) is 4.00. The maximum absolute atomic E-state index is 13.1. The molecule has 6 heteroatoms. The van der Waals surface area contributed by atoms with Crippen LogP contribution in [0, 0.1) is 11.8 Å². The fourth-order valence-electron chi connectivity index (χ4n) is 4.00. The summed E-state index contributed by atoms with van der Waals surface area (Å²) < 4.78 is 4.99. The molecule has 0 radical (unpaired) electrons. The highest BCUT2D eigenvalue weighted by atomic mass is 16.5. The van der Waals surface area contributed by atoms with Crippen LogP contribution in [0.1, 0.15) is 55.5 Å². The molecule has 2 aromatic rings. The van der Waals surface area contributed by atoms with Gasteiger partial charge in [0.05, 0.1) is 12.2 Å². The lowest BCUT2D eigenvalue weighted by Crippen LogP contribution is -2.47. The van der Waals surface area contributed by atoms with Gasteiger partial charge in [0.2, 0.25) is 11.8 Å². The highest BCUT2D eigenvalue weighted by Gasteiger charge is 2.28. The molecular weight excluding hydrogens is 404 g/mol. The number of hydrogen-bond donors (Lipinski definition) is 2. The molecule has 0 aliphatic heterocycles. The number of benzene rings is 2. The molecule has 0 spiro atoms. The van der Waals surface area contributed by atoms with Gasteiger partial charge in [0.25, 0.3) is 0 Å².